The summed E-state index contributed by atoms with van der Waals surface area (Å²) in [5, 5.41) is 0. The van der Waals surface area contributed by atoms with Crippen LogP contribution < -0.4 is 0 Å². The van der Waals surface area contributed by atoms with Gasteiger partial charge in [0, 0.05) is 26.2 Å². The first-order valence-electron chi connectivity index (χ1n) is 4.23. The molecule has 0 aromatic heterocycles. The van der Waals surface area contributed by atoms with Crippen LogP contribution in [0.15, 0.2) is 0 Å². The zero-order chi connectivity index (χ0) is 8.10. The van der Waals surface area contributed by atoms with Gasteiger partial charge in [-0.2, -0.15) is 0 Å². The zero-order valence-corrected chi connectivity index (χ0v) is 7.05. The third kappa shape index (κ3) is 3.16. The van der Waals surface area contributed by atoms with E-state index in [4.69, 9.17) is 4.74 Å². The summed E-state index contributed by atoms with van der Waals surface area (Å²) in [7, 11) is 0. The van der Waals surface area contributed by atoms with E-state index in [1.807, 2.05) is 6.92 Å². The molecule has 0 aromatic rings. The molecule has 66 valence electrons. The van der Waals surface area contributed by atoms with Crippen molar-refractivity contribution in [3.05, 3.63) is 0 Å². The molecule has 1 saturated heterocycles. The van der Waals surface area contributed by atoms with E-state index in [0.29, 0.717) is 6.54 Å². The highest BCUT2D eigenvalue weighted by molar-refractivity contribution is 4.65. The molecule has 0 aliphatic carbocycles. The molecule has 1 fully saturated rings. The number of hydrogen-bond acceptors (Lipinski definition) is 2. The summed E-state index contributed by atoms with van der Waals surface area (Å²) in [4.78, 5) is 2.12. The first kappa shape index (κ1) is 8.94. The maximum atomic E-state index is 12.0. The third-order valence-electron chi connectivity index (χ3n) is 1.94. The number of halogens is 1. The molecule has 1 rings (SSSR count). The van der Waals surface area contributed by atoms with Crippen molar-refractivity contribution in [2.45, 2.75) is 19.4 Å². The summed E-state index contributed by atoms with van der Waals surface area (Å²) in [6, 6.07) is 0. The molecule has 0 amide bonds. The molecule has 2 nitrogen and oxygen atoms in total. The van der Waals surface area contributed by atoms with Crippen molar-refractivity contribution in [2.24, 2.45) is 0 Å². The second-order valence-electron chi connectivity index (χ2n) is 3.02. The molecule has 1 aliphatic rings. The van der Waals surface area contributed by atoms with Crippen molar-refractivity contribution in [3.8, 4) is 0 Å². The highest BCUT2D eigenvalue weighted by atomic mass is 19.1. The fourth-order valence-corrected chi connectivity index (χ4v) is 1.40. The topological polar surface area (TPSA) is 12.5 Å². The number of alkyl halides is 1. The molecule has 0 N–H and O–H groups in total. The van der Waals surface area contributed by atoms with Crippen LogP contribution in [0.4, 0.5) is 4.39 Å². The molecule has 1 heterocycles. The second-order valence-corrected chi connectivity index (χ2v) is 3.02. The quantitative estimate of drug-likeness (QED) is 0.600. The van der Waals surface area contributed by atoms with Gasteiger partial charge < -0.3 is 4.74 Å². The molecular formula is C8H16FNO. The average Bonchev–Trinajstić information content (AvgIpc) is 2.15. The smallest absolute Gasteiger partial charge is 0.102 e. The van der Waals surface area contributed by atoms with E-state index in [1.54, 1.807) is 0 Å². The Morgan fingerprint density at radius 2 is 2.45 bits per heavy atom. The van der Waals surface area contributed by atoms with Crippen LogP contribution in [0, 0.1) is 0 Å². The predicted molar refractivity (Wildman–Crippen MR) is 42.4 cm³/mol. The molecule has 0 radical (unpaired) electrons. The van der Waals surface area contributed by atoms with Crippen molar-refractivity contribution >= 4 is 0 Å². The summed E-state index contributed by atoms with van der Waals surface area (Å²) < 4.78 is 17.4. The van der Waals surface area contributed by atoms with Crippen molar-refractivity contribution in [3.63, 3.8) is 0 Å². The van der Waals surface area contributed by atoms with Gasteiger partial charge in [-0.05, 0) is 13.3 Å². The van der Waals surface area contributed by atoms with Crippen LogP contribution in [0.25, 0.3) is 0 Å². The van der Waals surface area contributed by atoms with E-state index in [1.165, 1.54) is 0 Å². The van der Waals surface area contributed by atoms with Crippen molar-refractivity contribution in [1.82, 2.24) is 4.90 Å². The van der Waals surface area contributed by atoms with E-state index in [-0.39, 0.29) is 12.8 Å². The van der Waals surface area contributed by atoms with Crippen LogP contribution in [0.1, 0.15) is 13.3 Å². The Morgan fingerprint density at radius 3 is 3.18 bits per heavy atom. The largest absolute Gasteiger partial charge is 0.377 e. The summed E-state index contributed by atoms with van der Waals surface area (Å²) in [6.45, 7) is 5.04. The van der Waals surface area contributed by atoms with Crippen LogP contribution >= 0.6 is 0 Å². The third-order valence-corrected chi connectivity index (χ3v) is 1.94. The standard InChI is InChI=1S/C8H16FNO/c1-8-7-10(5-3-9)4-2-6-11-8/h8H,2-7H2,1H3. The fourth-order valence-electron chi connectivity index (χ4n) is 1.40. The summed E-state index contributed by atoms with van der Waals surface area (Å²) >= 11 is 0. The Labute approximate surface area is 67.3 Å². The lowest BCUT2D eigenvalue weighted by Crippen LogP contribution is -2.31. The molecule has 0 saturated carbocycles. The molecule has 1 unspecified atom stereocenters. The zero-order valence-electron chi connectivity index (χ0n) is 7.05. The van der Waals surface area contributed by atoms with Gasteiger partial charge in [-0.3, -0.25) is 4.90 Å². The maximum absolute atomic E-state index is 12.0. The normalized spacial score (nSPS) is 28.4. The minimum Gasteiger partial charge on any atom is -0.377 e. The first-order chi connectivity index (χ1) is 5.33. The van der Waals surface area contributed by atoms with E-state index in [0.717, 1.165) is 26.1 Å². The highest BCUT2D eigenvalue weighted by Gasteiger charge is 2.13. The van der Waals surface area contributed by atoms with Gasteiger partial charge in [0.2, 0.25) is 0 Å². The van der Waals surface area contributed by atoms with Gasteiger partial charge in [-0.15, -0.1) is 0 Å². The Morgan fingerprint density at radius 1 is 1.64 bits per heavy atom. The Balaban J connectivity index is 2.27. The second kappa shape index (κ2) is 4.67. The first-order valence-corrected chi connectivity index (χ1v) is 4.23. The number of rotatable bonds is 2. The van der Waals surface area contributed by atoms with E-state index in [9.17, 15) is 4.39 Å². The van der Waals surface area contributed by atoms with Crippen molar-refractivity contribution in [2.75, 3.05) is 32.9 Å². The number of hydrogen-bond donors (Lipinski definition) is 0. The molecular weight excluding hydrogens is 145 g/mol. The minimum atomic E-state index is -0.243. The average molecular weight is 161 g/mol. The number of ether oxygens (including phenoxy) is 1. The van der Waals surface area contributed by atoms with Gasteiger partial charge in [-0.1, -0.05) is 0 Å². The Hall–Kier alpha value is -0.150. The van der Waals surface area contributed by atoms with Crippen molar-refractivity contribution < 1.29 is 9.13 Å². The van der Waals surface area contributed by atoms with Gasteiger partial charge in [0.05, 0.1) is 6.10 Å². The van der Waals surface area contributed by atoms with Gasteiger partial charge in [0.1, 0.15) is 6.67 Å². The van der Waals surface area contributed by atoms with Gasteiger partial charge in [0.15, 0.2) is 0 Å². The van der Waals surface area contributed by atoms with Crippen molar-refractivity contribution in [1.29, 1.82) is 0 Å². The maximum Gasteiger partial charge on any atom is 0.102 e. The number of nitrogens with zero attached hydrogens (tertiary/aromatic N) is 1. The van der Waals surface area contributed by atoms with Gasteiger partial charge in [0.25, 0.3) is 0 Å². The molecule has 11 heavy (non-hydrogen) atoms. The lowest BCUT2D eigenvalue weighted by molar-refractivity contribution is 0.0670. The predicted octanol–water partition coefficient (Wildman–Crippen LogP) is 1.07. The van der Waals surface area contributed by atoms with Crippen LogP contribution in [-0.4, -0.2) is 43.9 Å². The van der Waals surface area contributed by atoms with E-state index >= 15 is 0 Å². The molecule has 1 aliphatic heterocycles. The Kier molecular flexibility index (Phi) is 3.80. The molecule has 3 heteroatoms. The van der Waals surface area contributed by atoms with Gasteiger partial charge >= 0.3 is 0 Å². The van der Waals surface area contributed by atoms with Crippen LogP contribution in [0.5, 0.6) is 0 Å². The molecule has 1 atom stereocenters. The Bertz CT molecular complexity index is 110. The molecule has 0 spiro atoms. The molecule has 0 bridgehead atoms. The van der Waals surface area contributed by atoms with Crippen LogP contribution in [-0.2, 0) is 4.74 Å². The lowest BCUT2D eigenvalue weighted by Gasteiger charge is -2.19. The van der Waals surface area contributed by atoms with E-state index in [2.05, 4.69) is 4.90 Å². The lowest BCUT2D eigenvalue weighted by atomic mass is 10.3. The van der Waals surface area contributed by atoms with Crippen LogP contribution in [0.2, 0.25) is 0 Å². The van der Waals surface area contributed by atoms with Gasteiger partial charge in [-0.25, -0.2) is 4.39 Å². The SMILES string of the molecule is CC1CN(CCF)CCCO1. The fraction of sp³-hybridized carbons (Fsp3) is 1.00. The van der Waals surface area contributed by atoms with Crippen LogP contribution in [0.3, 0.4) is 0 Å². The minimum absolute atomic E-state index is 0.243. The molecule has 0 aromatic carbocycles. The summed E-state index contributed by atoms with van der Waals surface area (Å²) in [5.41, 5.74) is 0. The summed E-state index contributed by atoms with van der Waals surface area (Å²) in [5.74, 6) is 0. The highest BCUT2D eigenvalue weighted by Crippen LogP contribution is 2.04. The van der Waals surface area contributed by atoms with E-state index < -0.39 is 0 Å². The summed E-state index contributed by atoms with van der Waals surface area (Å²) in [6.07, 6.45) is 1.30. The monoisotopic (exact) mass is 161 g/mol.